The number of aromatic nitrogens is 1. The van der Waals surface area contributed by atoms with Gasteiger partial charge in [0, 0.05) is 22.7 Å². The van der Waals surface area contributed by atoms with Crippen LogP contribution in [0.15, 0.2) is 65.6 Å². The molecule has 0 fully saturated rings. The van der Waals surface area contributed by atoms with Gasteiger partial charge in [-0.15, -0.1) is 0 Å². The molecule has 1 heterocycles. The first-order chi connectivity index (χ1) is 18.6. The predicted molar refractivity (Wildman–Crippen MR) is 144 cm³/mol. The van der Waals surface area contributed by atoms with E-state index >= 15 is 0 Å². The van der Waals surface area contributed by atoms with Crippen LogP contribution in [0.5, 0.6) is 11.5 Å². The fourth-order valence-corrected chi connectivity index (χ4v) is 4.92. The molecule has 0 bridgehead atoms. The van der Waals surface area contributed by atoms with Gasteiger partial charge >= 0.3 is 16.4 Å². The zero-order valence-electron chi connectivity index (χ0n) is 21.4. The van der Waals surface area contributed by atoms with E-state index < -0.39 is 28.1 Å². The number of ether oxygens (including phenoxy) is 4. The molecule has 40 heavy (non-hydrogen) atoms. The quantitative estimate of drug-likeness (QED) is 0.113. The fraction of sp³-hybridized carbons (Fsp3) is 0.185. The monoisotopic (exact) mass is 603 g/mol. The number of nitrogens with zero attached hydrogens (tertiary/aromatic N) is 1. The average molecular weight is 604 g/mol. The Balaban J connectivity index is 1.75. The first-order valence-corrected chi connectivity index (χ1v) is 14.0. The van der Waals surface area contributed by atoms with Gasteiger partial charge in [-0.2, -0.15) is 0 Å². The van der Waals surface area contributed by atoms with Crippen LogP contribution in [0.1, 0.15) is 12.6 Å². The van der Waals surface area contributed by atoms with Gasteiger partial charge in [0.05, 0.1) is 24.3 Å². The molecule has 0 spiro atoms. The Morgan fingerprint density at radius 2 is 1.48 bits per heavy atom. The highest BCUT2D eigenvalue weighted by Crippen LogP contribution is 3.02. The Bertz CT molecular complexity index is 1580. The number of benzene rings is 3. The summed E-state index contributed by atoms with van der Waals surface area (Å²) in [6.07, 6.45) is -0.917. The maximum atomic E-state index is 13.1. The molecule has 214 valence electrons. The summed E-state index contributed by atoms with van der Waals surface area (Å²) in [5.41, 5.74) is 2.97. The minimum atomic E-state index is -9.77. The molecule has 0 atom stereocenters. The molecular formula is C27H23ClF5NO5S. The smallest absolute Gasteiger partial charge is 0.495 e. The largest absolute Gasteiger partial charge is 0.511 e. The van der Waals surface area contributed by atoms with Crippen LogP contribution in [0.2, 0.25) is 5.02 Å². The number of fused-ring (bicyclic) bond motifs is 1. The van der Waals surface area contributed by atoms with Crippen molar-refractivity contribution in [1.29, 1.82) is 0 Å². The van der Waals surface area contributed by atoms with Gasteiger partial charge in [0.25, 0.3) is 0 Å². The fourth-order valence-electron chi connectivity index (χ4n) is 4.03. The number of hydrogen-bond acceptors (Lipinski definition) is 6. The number of carbonyl (C=O) groups is 1. The van der Waals surface area contributed by atoms with Crippen LogP contribution in [-0.4, -0.2) is 31.6 Å². The minimum Gasteiger partial charge on any atom is -0.495 e. The summed E-state index contributed by atoms with van der Waals surface area (Å²) in [5, 5.41) is 0.780. The molecule has 0 aliphatic carbocycles. The Morgan fingerprint density at radius 3 is 2.02 bits per heavy atom. The summed E-state index contributed by atoms with van der Waals surface area (Å²) < 4.78 is 86.3. The van der Waals surface area contributed by atoms with E-state index in [-0.39, 0.29) is 11.6 Å². The Morgan fingerprint density at radius 1 is 0.900 bits per heavy atom. The Kier molecular flexibility index (Phi) is 7.31. The number of rotatable bonds is 8. The third-order valence-electron chi connectivity index (χ3n) is 5.84. The number of hydrogen-bond donors (Lipinski definition) is 0. The molecular weight excluding hydrogens is 581 g/mol. The Hall–Kier alpha value is -3.77. The topological polar surface area (TPSA) is 66.9 Å². The normalized spacial score (nSPS) is 13.3. The first kappa shape index (κ1) is 29.2. The number of aryl methyl sites for hydroxylation is 1. The van der Waals surface area contributed by atoms with Gasteiger partial charge in [0.15, 0.2) is 0 Å². The van der Waals surface area contributed by atoms with Crippen molar-refractivity contribution in [2.75, 3.05) is 20.5 Å². The molecule has 1 aromatic heterocycles. The molecule has 0 aliphatic heterocycles. The van der Waals surface area contributed by atoms with Crippen molar-refractivity contribution in [1.82, 2.24) is 4.98 Å². The van der Waals surface area contributed by atoms with Crippen LogP contribution in [-0.2, 0) is 9.47 Å². The highest BCUT2D eigenvalue weighted by Gasteiger charge is 2.65. The van der Waals surface area contributed by atoms with Crippen molar-refractivity contribution >= 4 is 38.9 Å². The summed E-state index contributed by atoms with van der Waals surface area (Å²) in [6.45, 7) is 3.00. The van der Waals surface area contributed by atoms with Crippen molar-refractivity contribution in [3.05, 3.63) is 71.4 Å². The maximum absolute atomic E-state index is 13.1. The Labute approximate surface area is 231 Å². The number of pyridine rings is 1. The highest BCUT2D eigenvalue weighted by atomic mass is 35.5. The summed E-state index contributed by atoms with van der Waals surface area (Å²) in [7, 11) is -8.31. The zero-order chi connectivity index (χ0) is 29.4. The van der Waals surface area contributed by atoms with Gasteiger partial charge in [0.1, 0.15) is 16.4 Å². The van der Waals surface area contributed by atoms with E-state index in [4.69, 9.17) is 30.5 Å². The van der Waals surface area contributed by atoms with Crippen molar-refractivity contribution in [3.63, 3.8) is 0 Å². The molecule has 0 saturated carbocycles. The van der Waals surface area contributed by atoms with Gasteiger partial charge in [0.2, 0.25) is 6.79 Å². The van der Waals surface area contributed by atoms with Crippen molar-refractivity contribution in [2.24, 2.45) is 0 Å². The standard InChI is InChI=1S/C27H23ClF5NO5S/c1-4-37-27(35)39-15-38-26-21-13-22(28)24(36-3)14-23(21)34-16(2)25(26)19-7-5-17(6-8-19)18-9-11-20(12-10-18)40(29,30,31,32)33/h5-14H,4,15H2,1-3H3. The van der Waals surface area contributed by atoms with Gasteiger partial charge in [-0.05, 0) is 48.7 Å². The second kappa shape index (κ2) is 10.0. The number of carbonyl (C=O) groups excluding carboxylic acids is 1. The lowest BCUT2D eigenvalue weighted by Crippen LogP contribution is -2.12. The second-order valence-corrected chi connectivity index (χ2v) is 11.4. The molecule has 0 saturated heterocycles. The third kappa shape index (κ3) is 6.34. The summed E-state index contributed by atoms with van der Waals surface area (Å²) >= 11 is 6.36. The lowest BCUT2D eigenvalue weighted by molar-refractivity contribution is 0.00755. The number of methoxy groups -OCH3 is 1. The van der Waals surface area contributed by atoms with Gasteiger partial charge in [-0.3, -0.25) is 4.98 Å². The maximum Gasteiger partial charge on any atom is 0.511 e. The van der Waals surface area contributed by atoms with E-state index in [0.29, 0.717) is 62.5 Å². The molecule has 0 N–H and O–H groups in total. The number of halogens is 6. The van der Waals surface area contributed by atoms with E-state index in [2.05, 4.69) is 4.98 Å². The van der Waals surface area contributed by atoms with E-state index in [1.165, 1.54) is 7.11 Å². The summed E-state index contributed by atoms with van der Waals surface area (Å²) in [6, 6.07) is 12.5. The van der Waals surface area contributed by atoms with Crippen molar-refractivity contribution in [2.45, 2.75) is 18.7 Å². The molecule has 4 rings (SSSR count). The van der Waals surface area contributed by atoms with E-state index in [9.17, 15) is 24.2 Å². The van der Waals surface area contributed by atoms with Crippen LogP contribution < -0.4 is 9.47 Å². The minimum absolute atomic E-state index is 0.117. The van der Waals surface area contributed by atoms with Crippen LogP contribution in [0.4, 0.5) is 24.2 Å². The molecule has 0 radical (unpaired) electrons. The van der Waals surface area contributed by atoms with E-state index in [1.807, 2.05) is 0 Å². The second-order valence-electron chi connectivity index (χ2n) is 8.57. The van der Waals surface area contributed by atoms with Crippen molar-refractivity contribution < 1.29 is 43.2 Å². The third-order valence-corrected chi connectivity index (χ3v) is 7.30. The van der Waals surface area contributed by atoms with Crippen LogP contribution in [0, 0.1) is 6.92 Å². The van der Waals surface area contributed by atoms with E-state index in [0.717, 1.165) is 12.1 Å². The zero-order valence-corrected chi connectivity index (χ0v) is 22.9. The van der Waals surface area contributed by atoms with Crippen LogP contribution in [0.3, 0.4) is 0 Å². The molecule has 0 amide bonds. The average Bonchev–Trinajstić information content (AvgIpc) is 2.88. The summed E-state index contributed by atoms with van der Waals surface area (Å²) in [4.78, 5) is 14.3. The summed E-state index contributed by atoms with van der Waals surface area (Å²) in [5.74, 6) is 0.687. The molecule has 4 aromatic rings. The molecule has 13 heteroatoms. The molecule has 0 unspecified atom stereocenters. The predicted octanol–water partition coefficient (Wildman–Crippen LogP) is 9.71. The van der Waals surface area contributed by atoms with Gasteiger partial charge < -0.3 is 18.9 Å². The van der Waals surface area contributed by atoms with Gasteiger partial charge in [-0.1, -0.05) is 67.4 Å². The molecule has 0 aliphatic rings. The molecule has 6 nitrogen and oxygen atoms in total. The van der Waals surface area contributed by atoms with Crippen molar-refractivity contribution in [3.8, 4) is 33.8 Å². The molecule has 3 aromatic carbocycles. The highest BCUT2D eigenvalue weighted by molar-refractivity contribution is 8.45. The van der Waals surface area contributed by atoms with Crippen LogP contribution in [0.25, 0.3) is 33.2 Å². The first-order valence-electron chi connectivity index (χ1n) is 11.7. The van der Waals surface area contributed by atoms with Crippen LogP contribution >= 0.6 is 21.8 Å². The lowest BCUT2D eigenvalue weighted by atomic mass is 9.97. The lowest BCUT2D eigenvalue weighted by Gasteiger charge is -2.40. The van der Waals surface area contributed by atoms with E-state index in [1.54, 1.807) is 50.2 Å². The SMILES string of the molecule is CCOC(=O)OCOc1c(-c2ccc(-c3ccc(S(F)(F)(F)(F)F)cc3)cc2)c(C)nc2cc(OC)c(Cl)cc12. The van der Waals surface area contributed by atoms with Gasteiger partial charge in [-0.25, -0.2) is 4.79 Å².